The molecule has 2 N–H and O–H groups in total. The quantitative estimate of drug-likeness (QED) is 0.518. The van der Waals surface area contributed by atoms with Crippen LogP contribution in [-0.2, 0) is 4.79 Å². The van der Waals surface area contributed by atoms with Gasteiger partial charge in [-0.15, -0.1) is 0 Å². The van der Waals surface area contributed by atoms with Crippen LogP contribution in [-0.4, -0.2) is 23.0 Å². The minimum Gasteiger partial charge on any atom is -0.496 e. The Hall–Kier alpha value is -3.54. The Morgan fingerprint density at radius 2 is 2.11 bits per heavy atom. The fourth-order valence-corrected chi connectivity index (χ4v) is 3.10. The van der Waals surface area contributed by atoms with Crippen LogP contribution in [0.15, 0.2) is 53.2 Å². The van der Waals surface area contributed by atoms with Crippen molar-refractivity contribution < 1.29 is 13.9 Å². The van der Waals surface area contributed by atoms with Gasteiger partial charge >= 0.3 is 0 Å². The van der Waals surface area contributed by atoms with Gasteiger partial charge in [0, 0.05) is 23.1 Å². The van der Waals surface area contributed by atoms with Crippen molar-refractivity contribution >= 4 is 39.4 Å². The molecule has 4 aromatic rings. The van der Waals surface area contributed by atoms with Crippen molar-refractivity contribution in [1.82, 2.24) is 9.97 Å². The van der Waals surface area contributed by atoms with Crippen LogP contribution < -0.4 is 10.1 Å². The number of nitrogens with one attached hydrogen (secondary N) is 2. The highest BCUT2D eigenvalue weighted by atomic mass is 16.5. The van der Waals surface area contributed by atoms with Crippen molar-refractivity contribution in [3.05, 3.63) is 59.9 Å². The van der Waals surface area contributed by atoms with E-state index in [1.165, 1.54) is 6.08 Å². The topological polar surface area (TPSA) is 80.2 Å². The molecular weight excluding hydrogens is 342 g/mol. The number of ether oxygens (including phenoxy) is 1. The predicted molar refractivity (Wildman–Crippen MR) is 106 cm³/mol. The first-order chi connectivity index (χ1) is 13.0. The standard InChI is InChI=1S/C21H19N3O3/c1-12(14-9-15-13(2)11-27-19(15)10-18(14)26-3)8-20(25)24-21-22-16-6-4-5-7-17(16)23-21/h4-11H,1-3H3,(H2,22,23,24,25)/b12-8+. The number of allylic oxidation sites excluding steroid dienone is 1. The predicted octanol–water partition coefficient (Wildman–Crippen LogP) is 4.67. The second-order valence-corrected chi connectivity index (χ2v) is 6.39. The summed E-state index contributed by atoms with van der Waals surface area (Å²) in [5.74, 6) is 0.804. The molecule has 0 atom stereocenters. The first kappa shape index (κ1) is 16.9. The zero-order valence-electron chi connectivity index (χ0n) is 15.3. The fourth-order valence-electron chi connectivity index (χ4n) is 3.10. The molecule has 2 aromatic heterocycles. The summed E-state index contributed by atoms with van der Waals surface area (Å²) in [7, 11) is 1.60. The lowest BCUT2D eigenvalue weighted by molar-refractivity contribution is -0.111. The number of rotatable bonds is 4. The van der Waals surface area contributed by atoms with Crippen LogP contribution in [0.1, 0.15) is 18.1 Å². The number of imidazole rings is 1. The van der Waals surface area contributed by atoms with Crippen molar-refractivity contribution in [3.8, 4) is 5.75 Å². The van der Waals surface area contributed by atoms with E-state index in [1.54, 1.807) is 13.4 Å². The van der Waals surface area contributed by atoms with Crippen LogP contribution >= 0.6 is 0 Å². The van der Waals surface area contributed by atoms with Crippen molar-refractivity contribution in [2.45, 2.75) is 13.8 Å². The third kappa shape index (κ3) is 3.17. The van der Waals surface area contributed by atoms with E-state index in [9.17, 15) is 4.79 Å². The Balaban J connectivity index is 1.63. The van der Waals surface area contributed by atoms with E-state index < -0.39 is 0 Å². The lowest BCUT2D eigenvalue weighted by Gasteiger charge is -2.09. The minimum absolute atomic E-state index is 0.266. The molecule has 0 spiro atoms. The van der Waals surface area contributed by atoms with Gasteiger partial charge in [0.15, 0.2) is 0 Å². The first-order valence-electron chi connectivity index (χ1n) is 8.55. The Morgan fingerprint density at radius 3 is 2.89 bits per heavy atom. The maximum Gasteiger partial charge on any atom is 0.250 e. The molecule has 6 nitrogen and oxygen atoms in total. The lowest BCUT2D eigenvalue weighted by Crippen LogP contribution is -2.09. The summed E-state index contributed by atoms with van der Waals surface area (Å²) in [6.07, 6.45) is 3.24. The smallest absolute Gasteiger partial charge is 0.250 e. The summed E-state index contributed by atoms with van der Waals surface area (Å²) in [6, 6.07) is 11.4. The van der Waals surface area contributed by atoms with Crippen molar-refractivity contribution in [2.75, 3.05) is 12.4 Å². The number of methoxy groups -OCH3 is 1. The molecule has 6 heteroatoms. The number of hydrogen-bond acceptors (Lipinski definition) is 4. The molecule has 0 fully saturated rings. The van der Waals surface area contributed by atoms with Crippen LogP contribution in [0.25, 0.3) is 27.6 Å². The number of amides is 1. The van der Waals surface area contributed by atoms with Gasteiger partial charge in [-0.1, -0.05) is 12.1 Å². The Kier molecular flexibility index (Phi) is 4.16. The summed E-state index contributed by atoms with van der Waals surface area (Å²) >= 11 is 0. The molecule has 136 valence electrons. The number of anilines is 1. The summed E-state index contributed by atoms with van der Waals surface area (Å²) in [5, 5.41) is 3.77. The first-order valence-corrected chi connectivity index (χ1v) is 8.55. The van der Waals surface area contributed by atoms with Gasteiger partial charge in [-0.2, -0.15) is 0 Å². The number of aromatic amines is 1. The van der Waals surface area contributed by atoms with Gasteiger partial charge in [0.1, 0.15) is 11.3 Å². The molecule has 0 aliphatic carbocycles. The SMILES string of the molecule is COc1cc2occ(C)c2cc1/C(C)=C/C(=O)Nc1nc2ccccc2[nH]1. The third-order valence-electron chi connectivity index (χ3n) is 4.49. The normalized spacial score (nSPS) is 11.9. The monoisotopic (exact) mass is 361 g/mol. The molecular formula is C21H19N3O3. The van der Waals surface area contributed by atoms with Gasteiger partial charge in [-0.05, 0) is 43.2 Å². The highest BCUT2D eigenvalue weighted by Crippen LogP contribution is 2.33. The highest BCUT2D eigenvalue weighted by Gasteiger charge is 2.13. The Labute approximate surface area is 155 Å². The van der Waals surface area contributed by atoms with E-state index in [4.69, 9.17) is 9.15 Å². The van der Waals surface area contributed by atoms with Crippen molar-refractivity contribution in [2.24, 2.45) is 0 Å². The molecule has 0 saturated heterocycles. The third-order valence-corrected chi connectivity index (χ3v) is 4.49. The number of furan rings is 1. The van der Waals surface area contributed by atoms with Crippen LogP contribution in [0.3, 0.4) is 0 Å². The number of H-pyrrole nitrogens is 1. The minimum atomic E-state index is -0.266. The van der Waals surface area contributed by atoms with E-state index in [2.05, 4.69) is 15.3 Å². The second-order valence-electron chi connectivity index (χ2n) is 6.39. The lowest BCUT2D eigenvalue weighted by atomic mass is 10.0. The summed E-state index contributed by atoms with van der Waals surface area (Å²) in [4.78, 5) is 19.9. The zero-order valence-corrected chi connectivity index (χ0v) is 15.3. The molecule has 2 heterocycles. The molecule has 0 bridgehead atoms. The number of para-hydroxylation sites is 2. The molecule has 1 amide bonds. The number of carbonyl (C=O) groups excluding carboxylic acids is 1. The van der Waals surface area contributed by atoms with Gasteiger partial charge in [0.25, 0.3) is 5.91 Å². The summed E-state index contributed by atoms with van der Waals surface area (Å²) in [5.41, 5.74) is 5.09. The van der Waals surface area contributed by atoms with Crippen LogP contribution in [0.5, 0.6) is 5.75 Å². The molecule has 0 aliphatic rings. The van der Waals surface area contributed by atoms with Gasteiger partial charge in [-0.3, -0.25) is 10.1 Å². The molecule has 0 radical (unpaired) electrons. The van der Waals surface area contributed by atoms with Gasteiger partial charge < -0.3 is 14.1 Å². The van der Waals surface area contributed by atoms with Crippen molar-refractivity contribution in [3.63, 3.8) is 0 Å². The maximum atomic E-state index is 12.4. The molecule has 0 unspecified atom stereocenters. The maximum absolute atomic E-state index is 12.4. The number of carbonyl (C=O) groups is 1. The number of benzene rings is 2. The van der Waals surface area contributed by atoms with Gasteiger partial charge in [0.05, 0.1) is 24.4 Å². The number of aryl methyl sites for hydroxylation is 1. The average Bonchev–Trinajstić information content (AvgIpc) is 3.23. The molecule has 0 aliphatic heterocycles. The summed E-state index contributed by atoms with van der Waals surface area (Å²) < 4.78 is 11.0. The van der Waals surface area contributed by atoms with E-state index in [-0.39, 0.29) is 5.91 Å². The van der Waals surface area contributed by atoms with Crippen LogP contribution in [0.2, 0.25) is 0 Å². The van der Waals surface area contributed by atoms with E-state index in [1.807, 2.05) is 50.2 Å². The van der Waals surface area contributed by atoms with Gasteiger partial charge in [0.2, 0.25) is 5.95 Å². The second kappa shape index (κ2) is 6.64. The molecule has 0 saturated carbocycles. The zero-order chi connectivity index (χ0) is 19.0. The number of aromatic nitrogens is 2. The summed E-state index contributed by atoms with van der Waals surface area (Å²) in [6.45, 7) is 3.85. The van der Waals surface area contributed by atoms with E-state index in [0.717, 1.165) is 38.7 Å². The van der Waals surface area contributed by atoms with E-state index >= 15 is 0 Å². The van der Waals surface area contributed by atoms with Gasteiger partial charge in [-0.25, -0.2) is 4.98 Å². The van der Waals surface area contributed by atoms with E-state index in [0.29, 0.717) is 11.7 Å². The Bertz CT molecular complexity index is 1150. The largest absolute Gasteiger partial charge is 0.496 e. The number of fused-ring (bicyclic) bond motifs is 2. The average molecular weight is 361 g/mol. The number of nitrogens with zero attached hydrogens (tertiary/aromatic N) is 1. The molecule has 2 aromatic carbocycles. The Morgan fingerprint density at radius 1 is 1.30 bits per heavy atom. The molecule has 27 heavy (non-hydrogen) atoms. The number of hydrogen-bond donors (Lipinski definition) is 2. The highest BCUT2D eigenvalue weighted by molar-refractivity contribution is 6.04. The van der Waals surface area contributed by atoms with Crippen molar-refractivity contribution in [1.29, 1.82) is 0 Å². The fraction of sp³-hybridized carbons (Fsp3) is 0.143. The molecule has 4 rings (SSSR count). The van der Waals surface area contributed by atoms with Crippen LogP contribution in [0, 0.1) is 6.92 Å². The van der Waals surface area contributed by atoms with Crippen LogP contribution in [0.4, 0.5) is 5.95 Å².